The lowest BCUT2D eigenvalue weighted by atomic mass is 10.2. The highest BCUT2D eigenvalue weighted by molar-refractivity contribution is 5.81. The van der Waals surface area contributed by atoms with Crippen LogP contribution in [0.2, 0.25) is 0 Å². The maximum Gasteiger partial charge on any atom is 0.242 e. The predicted molar refractivity (Wildman–Crippen MR) is 89.2 cm³/mol. The molecule has 2 aromatic rings. The molecule has 2 aromatic carbocycles. The first kappa shape index (κ1) is 15.9. The van der Waals surface area contributed by atoms with Crippen LogP contribution in [0.25, 0.3) is 0 Å². The summed E-state index contributed by atoms with van der Waals surface area (Å²) in [5.74, 6) is 0.871. The number of nitrogens with zero attached hydrogens (tertiary/aromatic N) is 2. The van der Waals surface area contributed by atoms with Gasteiger partial charge in [-0.15, -0.1) is 0 Å². The van der Waals surface area contributed by atoms with E-state index in [0.29, 0.717) is 13.1 Å². The summed E-state index contributed by atoms with van der Waals surface area (Å²) in [7, 11) is 5.38. The minimum Gasteiger partial charge on any atom is -0.496 e. The Hall–Kier alpha value is -2.49. The van der Waals surface area contributed by atoms with Crippen molar-refractivity contribution in [1.29, 1.82) is 0 Å². The molecule has 0 unspecified atom stereocenters. The van der Waals surface area contributed by atoms with Crippen molar-refractivity contribution < 1.29 is 9.53 Å². The number of ether oxygens (including phenoxy) is 1. The van der Waals surface area contributed by atoms with Gasteiger partial charge in [-0.2, -0.15) is 0 Å². The summed E-state index contributed by atoms with van der Waals surface area (Å²) >= 11 is 0. The van der Waals surface area contributed by atoms with E-state index >= 15 is 0 Å². The molecule has 0 saturated heterocycles. The third-order valence-corrected chi connectivity index (χ3v) is 3.60. The fourth-order valence-corrected chi connectivity index (χ4v) is 2.27. The van der Waals surface area contributed by atoms with Crippen LogP contribution >= 0.6 is 0 Å². The summed E-state index contributed by atoms with van der Waals surface area (Å²) < 4.78 is 5.33. The second-order valence-electron chi connectivity index (χ2n) is 5.25. The molecule has 116 valence electrons. The number of carbonyl (C=O) groups excluding carboxylic acids is 1. The van der Waals surface area contributed by atoms with E-state index in [0.717, 1.165) is 17.0 Å². The molecule has 22 heavy (non-hydrogen) atoms. The van der Waals surface area contributed by atoms with Crippen molar-refractivity contribution in [2.45, 2.75) is 6.54 Å². The van der Waals surface area contributed by atoms with Crippen LogP contribution in [0.15, 0.2) is 54.6 Å². The minimum absolute atomic E-state index is 0.0669. The third kappa shape index (κ3) is 4.01. The molecule has 0 aliphatic carbocycles. The monoisotopic (exact) mass is 298 g/mol. The van der Waals surface area contributed by atoms with E-state index in [4.69, 9.17) is 4.74 Å². The fourth-order valence-electron chi connectivity index (χ4n) is 2.27. The fraction of sp³-hybridized carbons (Fsp3) is 0.278. The van der Waals surface area contributed by atoms with E-state index in [9.17, 15) is 4.79 Å². The van der Waals surface area contributed by atoms with E-state index in [2.05, 4.69) is 0 Å². The molecule has 0 fully saturated rings. The minimum atomic E-state index is 0.0669. The Kier molecular flexibility index (Phi) is 5.42. The Morgan fingerprint density at radius 1 is 1.00 bits per heavy atom. The molecule has 4 nitrogen and oxygen atoms in total. The first-order valence-electron chi connectivity index (χ1n) is 7.24. The highest BCUT2D eigenvalue weighted by Crippen LogP contribution is 2.19. The van der Waals surface area contributed by atoms with E-state index in [1.807, 2.05) is 73.6 Å². The Bertz CT molecular complexity index is 613. The quantitative estimate of drug-likeness (QED) is 0.822. The molecule has 4 heteroatoms. The lowest BCUT2D eigenvalue weighted by Gasteiger charge is -2.24. The average molecular weight is 298 g/mol. The van der Waals surface area contributed by atoms with Crippen LogP contribution in [0.5, 0.6) is 5.75 Å². The molecule has 1 amide bonds. The Morgan fingerprint density at radius 2 is 1.64 bits per heavy atom. The Morgan fingerprint density at radius 3 is 2.32 bits per heavy atom. The molecular weight excluding hydrogens is 276 g/mol. The van der Waals surface area contributed by atoms with Gasteiger partial charge in [0, 0.05) is 31.9 Å². The second kappa shape index (κ2) is 7.50. The third-order valence-electron chi connectivity index (χ3n) is 3.60. The van der Waals surface area contributed by atoms with Gasteiger partial charge in [0.25, 0.3) is 0 Å². The zero-order valence-electron chi connectivity index (χ0n) is 13.3. The standard InChI is InChI=1S/C18H22N2O2/c1-19(16-10-5-4-6-11-16)14-18(21)20(2)13-15-9-7-8-12-17(15)22-3/h4-12H,13-14H2,1-3H3. The molecule has 0 aliphatic heterocycles. The zero-order valence-corrected chi connectivity index (χ0v) is 13.3. The van der Waals surface area contributed by atoms with Crippen LogP contribution in [-0.2, 0) is 11.3 Å². The molecular formula is C18H22N2O2. The number of anilines is 1. The van der Waals surface area contributed by atoms with E-state index in [1.54, 1.807) is 12.0 Å². The molecule has 0 atom stereocenters. The lowest BCUT2D eigenvalue weighted by Crippen LogP contribution is -2.36. The van der Waals surface area contributed by atoms with Gasteiger partial charge in [-0.05, 0) is 18.2 Å². The van der Waals surface area contributed by atoms with E-state index in [-0.39, 0.29) is 5.91 Å². The number of methoxy groups -OCH3 is 1. The molecule has 0 spiro atoms. The number of likely N-dealkylation sites (N-methyl/N-ethyl adjacent to an activating group) is 2. The van der Waals surface area contributed by atoms with Crippen molar-refractivity contribution >= 4 is 11.6 Å². The van der Waals surface area contributed by atoms with Crippen molar-refractivity contribution in [2.75, 3.05) is 32.6 Å². The summed E-state index contributed by atoms with van der Waals surface area (Å²) in [5.41, 5.74) is 2.03. The van der Waals surface area contributed by atoms with Gasteiger partial charge in [-0.3, -0.25) is 4.79 Å². The molecule has 0 radical (unpaired) electrons. The van der Waals surface area contributed by atoms with Crippen molar-refractivity contribution in [1.82, 2.24) is 4.90 Å². The van der Waals surface area contributed by atoms with Crippen molar-refractivity contribution in [3.05, 3.63) is 60.2 Å². The first-order valence-corrected chi connectivity index (χ1v) is 7.24. The number of amides is 1. The summed E-state index contributed by atoms with van der Waals surface area (Å²) in [5, 5.41) is 0. The van der Waals surface area contributed by atoms with Gasteiger partial charge >= 0.3 is 0 Å². The second-order valence-corrected chi connectivity index (χ2v) is 5.25. The van der Waals surface area contributed by atoms with Crippen LogP contribution < -0.4 is 9.64 Å². The molecule has 0 N–H and O–H groups in total. The predicted octanol–water partition coefficient (Wildman–Crippen LogP) is 2.79. The molecule has 0 bridgehead atoms. The van der Waals surface area contributed by atoms with Crippen LogP contribution in [0.1, 0.15) is 5.56 Å². The summed E-state index contributed by atoms with van der Waals surface area (Å²) in [4.78, 5) is 16.0. The van der Waals surface area contributed by atoms with Gasteiger partial charge in [-0.25, -0.2) is 0 Å². The van der Waals surface area contributed by atoms with Crippen LogP contribution in [0.3, 0.4) is 0 Å². The largest absolute Gasteiger partial charge is 0.496 e. The Labute approximate surface area is 131 Å². The molecule has 0 aliphatic rings. The summed E-state index contributed by atoms with van der Waals surface area (Å²) in [6, 6.07) is 17.6. The van der Waals surface area contributed by atoms with E-state index < -0.39 is 0 Å². The first-order chi connectivity index (χ1) is 10.6. The lowest BCUT2D eigenvalue weighted by molar-refractivity contribution is -0.128. The summed E-state index contributed by atoms with van der Waals surface area (Å²) in [6.45, 7) is 0.876. The molecule has 0 saturated carbocycles. The topological polar surface area (TPSA) is 32.8 Å². The molecule has 0 aromatic heterocycles. The number of para-hydroxylation sites is 2. The van der Waals surface area contributed by atoms with Gasteiger partial charge in [0.15, 0.2) is 0 Å². The number of benzene rings is 2. The maximum atomic E-state index is 12.4. The van der Waals surface area contributed by atoms with Crippen LogP contribution in [0.4, 0.5) is 5.69 Å². The summed E-state index contributed by atoms with van der Waals surface area (Å²) in [6.07, 6.45) is 0. The average Bonchev–Trinajstić information content (AvgIpc) is 2.56. The maximum absolute atomic E-state index is 12.4. The highest BCUT2D eigenvalue weighted by Gasteiger charge is 2.14. The number of hydrogen-bond donors (Lipinski definition) is 0. The zero-order chi connectivity index (χ0) is 15.9. The number of rotatable bonds is 6. The van der Waals surface area contributed by atoms with Crippen molar-refractivity contribution in [3.63, 3.8) is 0 Å². The van der Waals surface area contributed by atoms with Gasteiger partial charge in [0.1, 0.15) is 5.75 Å². The van der Waals surface area contributed by atoms with Gasteiger partial charge in [0.2, 0.25) is 5.91 Å². The van der Waals surface area contributed by atoms with Crippen molar-refractivity contribution in [3.8, 4) is 5.75 Å². The highest BCUT2D eigenvalue weighted by atomic mass is 16.5. The van der Waals surface area contributed by atoms with Gasteiger partial charge < -0.3 is 14.5 Å². The number of carbonyl (C=O) groups is 1. The Balaban J connectivity index is 1.97. The SMILES string of the molecule is COc1ccccc1CN(C)C(=O)CN(C)c1ccccc1. The van der Waals surface area contributed by atoms with Crippen molar-refractivity contribution in [2.24, 2.45) is 0 Å². The molecule has 2 rings (SSSR count). The smallest absolute Gasteiger partial charge is 0.242 e. The number of hydrogen-bond acceptors (Lipinski definition) is 3. The van der Waals surface area contributed by atoms with Gasteiger partial charge in [0.05, 0.1) is 13.7 Å². The van der Waals surface area contributed by atoms with E-state index in [1.165, 1.54) is 0 Å². The molecule has 0 heterocycles. The van der Waals surface area contributed by atoms with Gasteiger partial charge in [-0.1, -0.05) is 36.4 Å². The van der Waals surface area contributed by atoms with Crippen LogP contribution in [-0.4, -0.2) is 38.6 Å². The van der Waals surface area contributed by atoms with Crippen LogP contribution in [0, 0.1) is 0 Å². The normalized spacial score (nSPS) is 10.1.